The molecule has 0 aromatic heterocycles. The van der Waals surface area contributed by atoms with Gasteiger partial charge in [-0.3, -0.25) is 0 Å². The normalized spacial score (nSPS) is 12.5. The van der Waals surface area contributed by atoms with Gasteiger partial charge in [-0.15, -0.1) is 11.6 Å². The highest BCUT2D eigenvalue weighted by atomic mass is 35.5. The molecule has 94 valence electrons. The fourth-order valence-corrected chi connectivity index (χ4v) is 2.28. The van der Waals surface area contributed by atoms with Crippen molar-refractivity contribution < 1.29 is 13.2 Å². The smallest absolute Gasteiger partial charge is 0.134 e. The average Bonchev–Trinajstić information content (AvgIpc) is 2.27. The van der Waals surface area contributed by atoms with Crippen LogP contribution in [0, 0.1) is 24.4 Å². The number of rotatable bonds is 2. The minimum atomic E-state index is -0.980. The summed E-state index contributed by atoms with van der Waals surface area (Å²) >= 11 is 6.10. The van der Waals surface area contributed by atoms with Crippen molar-refractivity contribution in [2.45, 2.75) is 12.3 Å². The Labute approximate surface area is 108 Å². The van der Waals surface area contributed by atoms with Crippen molar-refractivity contribution in [3.63, 3.8) is 0 Å². The Morgan fingerprint density at radius 2 is 1.56 bits per heavy atom. The number of alkyl halides is 1. The summed E-state index contributed by atoms with van der Waals surface area (Å²) in [6, 6.07) is 8.29. The largest absolute Gasteiger partial charge is 0.207 e. The van der Waals surface area contributed by atoms with Crippen LogP contribution in [0.1, 0.15) is 22.1 Å². The van der Waals surface area contributed by atoms with Gasteiger partial charge in [-0.05, 0) is 18.1 Å². The lowest BCUT2D eigenvalue weighted by atomic mass is 9.99. The molecule has 0 aliphatic heterocycles. The Morgan fingerprint density at radius 3 is 2.11 bits per heavy atom. The quantitative estimate of drug-likeness (QED) is 0.692. The first-order chi connectivity index (χ1) is 8.50. The van der Waals surface area contributed by atoms with E-state index in [9.17, 15) is 13.2 Å². The molecule has 0 aliphatic rings. The molecule has 0 saturated heterocycles. The van der Waals surface area contributed by atoms with Gasteiger partial charge in [0.2, 0.25) is 0 Å². The summed E-state index contributed by atoms with van der Waals surface area (Å²) in [6.45, 7) is 1.80. The zero-order valence-electron chi connectivity index (χ0n) is 9.55. The van der Waals surface area contributed by atoms with Gasteiger partial charge in [-0.25, -0.2) is 13.2 Å². The van der Waals surface area contributed by atoms with Gasteiger partial charge in [0, 0.05) is 17.7 Å². The highest BCUT2D eigenvalue weighted by Crippen LogP contribution is 2.34. The van der Waals surface area contributed by atoms with Crippen molar-refractivity contribution in [3.8, 4) is 0 Å². The van der Waals surface area contributed by atoms with Crippen molar-refractivity contribution in [1.29, 1.82) is 0 Å². The maximum atomic E-state index is 13.6. The Hall–Kier alpha value is -1.48. The summed E-state index contributed by atoms with van der Waals surface area (Å²) < 4.78 is 40.1. The molecular formula is C14H10ClF3. The van der Waals surface area contributed by atoms with Gasteiger partial charge in [0.15, 0.2) is 0 Å². The fourth-order valence-electron chi connectivity index (χ4n) is 1.82. The molecule has 0 amide bonds. The predicted molar refractivity (Wildman–Crippen MR) is 65.2 cm³/mol. The molecule has 0 heterocycles. The van der Waals surface area contributed by atoms with Crippen LogP contribution in [-0.2, 0) is 0 Å². The third-order valence-electron chi connectivity index (χ3n) is 2.76. The molecule has 1 unspecified atom stereocenters. The molecule has 0 N–H and O–H groups in total. The highest BCUT2D eigenvalue weighted by Gasteiger charge is 2.22. The summed E-state index contributed by atoms with van der Waals surface area (Å²) in [6.07, 6.45) is 0. The second-order valence-electron chi connectivity index (χ2n) is 4.00. The van der Waals surface area contributed by atoms with Crippen molar-refractivity contribution in [3.05, 3.63) is 70.5 Å². The summed E-state index contributed by atoms with van der Waals surface area (Å²) in [5.74, 6) is -2.91. The SMILES string of the molecule is Cc1ccccc1C(Cl)c1c(F)cc(F)cc1F. The fraction of sp³-hybridized carbons (Fsp3) is 0.143. The molecule has 2 rings (SSSR count). The Bertz CT molecular complexity index is 558. The number of halogens is 4. The Balaban J connectivity index is 2.53. The van der Waals surface area contributed by atoms with Crippen LogP contribution in [0.2, 0.25) is 0 Å². The van der Waals surface area contributed by atoms with Crippen molar-refractivity contribution in [2.75, 3.05) is 0 Å². The zero-order valence-corrected chi connectivity index (χ0v) is 10.3. The van der Waals surface area contributed by atoms with E-state index in [2.05, 4.69) is 0 Å². The van der Waals surface area contributed by atoms with E-state index in [-0.39, 0.29) is 5.56 Å². The van der Waals surface area contributed by atoms with E-state index in [1.165, 1.54) is 0 Å². The molecule has 4 heteroatoms. The van der Waals surface area contributed by atoms with Gasteiger partial charge in [0.25, 0.3) is 0 Å². The van der Waals surface area contributed by atoms with Crippen LogP contribution >= 0.6 is 11.6 Å². The van der Waals surface area contributed by atoms with Crippen molar-refractivity contribution in [2.24, 2.45) is 0 Å². The van der Waals surface area contributed by atoms with Gasteiger partial charge < -0.3 is 0 Å². The number of hydrogen-bond acceptors (Lipinski definition) is 0. The third-order valence-corrected chi connectivity index (χ3v) is 3.21. The van der Waals surface area contributed by atoms with Gasteiger partial charge in [0.05, 0.1) is 5.38 Å². The second-order valence-corrected chi connectivity index (χ2v) is 4.44. The van der Waals surface area contributed by atoms with E-state index < -0.39 is 22.8 Å². The molecule has 1 atom stereocenters. The molecule has 0 aliphatic carbocycles. The Morgan fingerprint density at radius 1 is 1.00 bits per heavy atom. The van der Waals surface area contributed by atoms with Crippen molar-refractivity contribution in [1.82, 2.24) is 0 Å². The lowest BCUT2D eigenvalue weighted by molar-refractivity contribution is 0.526. The molecule has 0 nitrogen and oxygen atoms in total. The summed E-state index contributed by atoms with van der Waals surface area (Å²) in [4.78, 5) is 0. The maximum absolute atomic E-state index is 13.6. The number of benzene rings is 2. The van der Waals surface area contributed by atoms with Crippen LogP contribution in [0.3, 0.4) is 0 Å². The van der Waals surface area contributed by atoms with Crippen LogP contribution < -0.4 is 0 Å². The van der Waals surface area contributed by atoms with Crippen LogP contribution in [0.4, 0.5) is 13.2 Å². The predicted octanol–water partition coefficient (Wildman–Crippen LogP) is 4.74. The van der Waals surface area contributed by atoms with Crippen LogP contribution in [0.5, 0.6) is 0 Å². The van der Waals surface area contributed by atoms with Crippen LogP contribution in [0.15, 0.2) is 36.4 Å². The van der Waals surface area contributed by atoms with E-state index in [1.807, 2.05) is 0 Å². The van der Waals surface area contributed by atoms with E-state index in [1.54, 1.807) is 31.2 Å². The first-order valence-electron chi connectivity index (χ1n) is 5.34. The number of aryl methyl sites for hydroxylation is 1. The van der Waals surface area contributed by atoms with E-state index in [4.69, 9.17) is 11.6 Å². The Kier molecular flexibility index (Phi) is 3.62. The standard InChI is InChI=1S/C14H10ClF3/c1-8-4-2-3-5-10(8)14(15)13-11(17)6-9(16)7-12(13)18/h2-7,14H,1H3. The maximum Gasteiger partial charge on any atom is 0.134 e. The number of hydrogen-bond donors (Lipinski definition) is 0. The monoisotopic (exact) mass is 270 g/mol. The molecule has 0 spiro atoms. The first kappa shape index (κ1) is 13.0. The van der Waals surface area contributed by atoms with Gasteiger partial charge in [-0.2, -0.15) is 0 Å². The highest BCUT2D eigenvalue weighted by molar-refractivity contribution is 6.22. The molecule has 0 saturated carbocycles. The van der Waals surface area contributed by atoms with Crippen molar-refractivity contribution >= 4 is 11.6 Å². The first-order valence-corrected chi connectivity index (χ1v) is 5.78. The van der Waals surface area contributed by atoms with E-state index in [0.717, 1.165) is 5.56 Å². The zero-order chi connectivity index (χ0) is 13.3. The molecule has 2 aromatic carbocycles. The lowest BCUT2D eigenvalue weighted by Gasteiger charge is -2.14. The minimum absolute atomic E-state index is 0.327. The van der Waals surface area contributed by atoms with E-state index in [0.29, 0.717) is 17.7 Å². The minimum Gasteiger partial charge on any atom is -0.207 e. The summed E-state index contributed by atoms with van der Waals surface area (Å²) in [5, 5.41) is -0.980. The third kappa shape index (κ3) is 2.36. The average molecular weight is 271 g/mol. The molecule has 18 heavy (non-hydrogen) atoms. The molecular weight excluding hydrogens is 261 g/mol. The molecule has 0 bridgehead atoms. The van der Waals surface area contributed by atoms with Gasteiger partial charge in [0.1, 0.15) is 17.5 Å². The lowest BCUT2D eigenvalue weighted by Crippen LogP contribution is -2.03. The van der Waals surface area contributed by atoms with Crippen LogP contribution in [0.25, 0.3) is 0 Å². The molecule has 0 radical (unpaired) electrons. The van der Waals surface area contributed by atoms with Gasteiger partial charge >= 0.3 is 0 Å². The molecule has 0 fully saturated rings. The topological polar surface area (TPSA) is 0 Å². The van der Waals surface area contributed by atoms with E-state index >= 15 is 0 Å². The summed E-state index contributed by atoms with van der Waals surface area (Å²) in [5.41, 5.74) is 1.09. The molecule has 2 aromatic rings. The van der Waals surface area contributed by atoms with Gasteiger partial charge in [-0.1, -0.05) is 24.3 Å². The summed E-state index contributed by atoms with van der Waals surface area (Å²) in [7, 11) is 0. The van der Waals surface area contributed by atoms with Crippen LogP contribution in [-0.4, -0.2) is 0 Å². The second kappa shape index (κ2) is 5.02.